The minimum atomic E-state index is -1.60. The van der Waals surface area contributed by atoms with Crippen LogP contribution in [0.1, 0.15) is 24.9 Å². The molecule has 0 bridgehead atoms. The highest BCUT2D eigenvalue weighted by molar-refractivity contribution is 6.30. The Bertz CT molecular complexity index is 550. The van der Waals surface area contributed by atoms with Crippen LogP contribution >= 0.6 is 11.6 Å². The quantitative estimate of drug-likeness (QED) is 0.705. The van der Waals surface area contributed by atoms with Gasteiger partial charge < -0.3 is 15.7 Å². The fraction of sp³-hybridized carbons (Fsp3) is 0.357. The third-order valence-corrected chi connectivity index (χ3v) is 3.08. The third-order valence-electron chi connectivity index (χ3n) is 2.83. The zero-order chi connectivity index (χ0) is 16.7. The van der Waals surface area contributed by atoms with E-state index in [0.717, 1.165) is 0 Å². The standard InChI is InChI=1S/C14H16ClFN2O4/c1-8(19)17-11(9-2-4-10(15)5-3-9)6-13(20)18-12(7-16)14(21)22/h2-5,11-12H,6-7H2,1H3,(H,17,19)(H,18,20)(H,21,22). The van der Waals surface area contributed by atoms with Gasteiger partial charge in [-0.1, -0.05) is 23.7 Å². The smallest absolute Gasteiger partial charge is 0.328 e. The summed E-state index contributed by atoms with van der Waals surface area (Å²) in [6.45, 7) is 0.0786. The Hall–Kier alpha value is -2.15. The van der Waals surface area contributed by atoms with Gasteiger partial charge in [0.2, 0.25) is 11.8 Å². The summed E-state index contributed by atoms with van der Waals surface area (Å²) in [5, 5.41) is 13.9. The first-order valence-corrected chi connectivity index (χ1v) is 6.82. The van der Waals surface area contributed by atoms with Crippen LogP contribution in [0.5, 0.6) is 0 Å². The maximum Gasteiger partial charge on any atom is 0.328 e. The minimum absolute atomic E-state index is 0.217. The lowest BCUT2D eigenvalue weighted by Crippen LogP contribution is -2.43. The van der Waals surface area contributed by atoms with Crippen LogP contribution in [-0.2, 0) is 14.4 Å². The summed E-state index contributed by atoms with van der Waals surface area (Å²) < 4.78 is 12.5. The highest BCUT2D eigenvalue weighted by Gasteiger charge is 2.23. The fourth-order valence-corrected chi connectivity index (χ4v) is 1.92. The van der Waals surface area contributed by atoms with Gasteiger partial charge in [-0.2, -0.15) is 0 Å². The number of hydrogen-bond donors (Lipinski definition) is 3. The molecule has 0 aliphatic rings. The highest BCUT2D eigenvalue weighted by atomic mass is 35.5. The molecule has 1 rings (SSSR count). The van der Waals surface area contributed by atoms with Gasteiger partial charge in [-0.15, -0.1) is 0 Å². The number of hydrogen-bond acceptors (Lipinski definition) is 3. The SMILES string of the molecule is CC(=O)NC(CC(=O)NC(CF)C(=O)O)c1ccc(Cl)cc1. The summed E-state index contributed by atoms with van der Waals surface area (Å²) in [6, 6.07) is 4.22. The summed E-state index contributed by atoms with van der Waals surface area (Å²) in [6.07, 6.45) is -0.217. The molecule has 8 heteroatoms. The van der Waals surface area contributed by atoms with Crippen molar-refractivity contribution in [1.82, 2.24) is 10.6 Å². The molecule has 0 aliphatic carbocycles. The summed E-state index contributed by atoms with van der Waals surface area (Å²) in [5.41, 5.74) is 0.627. The van der Waals surface area contributed by atoms with Crippen molar-refractivity contribution in [3.8, 4) is 0 Å². The predicted molar refractivity (Wildman–Crippen MR) is 78.2 cm³/mol. The van der Waals surface area contributed by atoms with Crippen LogP contribution in [-0.4, -0.2) is 35.6 Å². The van der Waals surface area contributed by atoms with Gasteiger partial charge in [0.05, 0.1) is 12.5 Å². The van der Waals surface area contributed by atoms with Crippen LogP contribution in [0.25, 0.3) is 0 Å². The monoisotopic (exact) mass is 330 g/mol. The minimum Gasteiger partial charge on any atom is -0.480 e. The first kappa shape index (κ1) is 17.9. The van der Waals surface area contributed by atoms with Gasteiger partial charge in [0.1, 0.15) is 6.67 Å². The van der Waals surface area contributed by atoms with Crippen molar-refractivity contribution >= 4 is 29.4 Å². The summed E-state index contributed by atoms with van der Waals surface area (Å²) in [7, 11) is 0. The zero-order valence-corrected chi connectivity index (χ0v) is 12.6. The first-order valence-electron chi connectivity index (χ1n) is 6.44. The van der Waals surface area contributed by atoms with Gasteiger partial charge in [-0.05, 0) is 17.7 Å². The molecule has 3 N–H and O–H groups in total. The van der Waals surface area contributed by atoms with E-state index >= 15 is 0 Å². The number of carbonyl (C=O) groups is 3. The second kappa shape index (κ2) is 8.33. The van der Waals surface area contributed by atoms with Crippen LogP contribution in [0.3, 0.4) is 0 Å². The van der Waals surface area contributed by atoms with Gasteiger partial charge in [0, 0.05) is 11.9 Å². The van der Waals surface area contributed by atoms with Gasteiger partial charge in [0.15, 0.2) is 6.04 Å². The van der Waals surface area contributed by atoms with E-state index in [9.17, 15) is 18.8 Å². The second-order valence-corrected chi connectivity index (χ2v) is 5.06. The van der Waals surface area contributed by atoms with Crippen molar-refractivity contribution in [3.05, 3.63) is 34.9 Å². The lowest BCUT2D eigenvalue weighted by molar-refractivity contribution is -0.142. The summed E-state index contributed by atoms with van der Waals surface area (Å²) >= 11 is 5.78. The van der Waals surface area contributed by atoms with Crippen molar-refractivity contribution < 1.29 is 23.9 Å². The van der Waals surface area contributed by atoms with Crippen molar-refractivity contribution in [2.45, 2.75) is 25.4 Å². The molecule has 0 aliphatic heterocycles. The topological polar surface area (TPSA) is 95.5 Å². The zero-order valence-electron chi connectivity index (χ0n) is 11.8. The van der Waals surface area contributed by atoms with E-state index in [-0.39, 0.29) is 12.3 Å². The Morgan fingerprint density at radius 3 is 2.27 bits per heavy atom. The van der Waals surface area contributed by atoms with Gasteiger partial charge in [-0.3, -0.25) is 9.59 Å². The average Bonchev–Trinajstić information content (AvgIpc) is 2.44. The molecule has 2 unspecified atom stereocenters. The average molecular weight is 331 g/mol. The number of rotatable bonds is 7. The number of halogens is 2. The van der Waals surface area contributed by atoms with E-state index < -0.39 is 30.6 Å². The van der Waals surface area contributed by atoms with Crippen LogP contribution in [0.4, 0.5) is 4.39 Å². The molecule has 2 amide bonds. The number of alkyl halides is 1. The molecule has 0 radical (unpaired) electrons. The van der Waals surface area contributed by atoms with Crippen molar-refractivity contribution in [1.29, 1.82) is 0 Å². The molecule has 0 saturated carbocycles. The Labute approximate surface area is 131 Å². The van der Waals surface area contributed by atoms with Gasteiger partial charge in [-0.25, -0.2) is 9.18 Å². The third kappa shape index (κ3) is 5.69. The molecule has 22 heavy (non-hydrogen) atoms. The van der Waals surface area contributed by atoms with E-state index in [0.29, 0.717) is 10.6 Å². The summed E-state index contributed by atoms with van der Waals surface area (Å²) in [4.78, 5) is 33.8. The van der Waals surface area contributed by atoms with E-state index in [2.05, 4.69) is 10.6 Å². The number of carboxylic acids is 1. The van der Waals surface area contributed by atoms with E-state index in [1.54, 1.807) is 24.3 Å². The number of carbonyl (C=O) groups excluding carboxylic acids is 2. The lowest BCUT2D eigenvalue weighted by atomic mass is 10.0. The van der Waals surface area contributed by atoms with Crippen LogP contribution < -0.4 is 10.6 Å². The predicted octanol–water partition coefficient (Wildman–Crippen LogP) is 1.45. The van der Waals surface area contributed by atoms with Crippen LogP contribution in [0.15, 0.2) is 24.3 Å². The maximum absolute atomic E-state index is 12.5. The molecule has 0 heterocycles. The second-order valence-electron chi connectivity index (χ2n) is 4.62. The molecule has 1 aromatic rings. The van der Waals surface area contributed by atoms with Gasteiger partial charge >= 0.3 is 5.97 Å². The molecule has 120 valence electrons. The van der Waals surface area contributed by atoms with E-state index in [4.69, 9.17) is 16.7 Å². The Kier molecular flexibility index (Phi) is 6.78. The molecule has 2 atom stereocenters. The van der Waals surface area contributed by atoms with E-state index in [1.807, 2.05) is 0 Å². The summed E-state index contributed by atoms with van der Waals surface area (Å²) in [5.74, 6) is -2.50. The number of amides is 2. The first-order chi connectivity index (χ1) is 10.3. The van der Waals surface area contributed by atoms with Crippen molar-refractivity contribution in [2.24, 2.45) is 0 Å². The molecule has 0 saturated heterocycles. The molecular formula is C14H16ClFN2O4. The van der Waals surface area contributed by atoms with Crippen molar-refractivity contribution in [2.75, 3.05) is 6.67 Å². The molecule has 1 aromatic carbocycles. The Balaban J connectivity index is 2.80. The fourth-order valence-electron chi connectivity index (χ4n) is 1.80. The molecule has 0 spiro atoms. The molecule has 0 aromatic heterocycles. The molecule has 6 nitrogen and oxygen atoms in total. The van der Waals surface area contributed by atoms with Crippen molar-refractivity contribution in [3.63, 3.8) is 0 Å². The number of aliphatic carboxylic acids is 1. The van der Waals surface area contributed by atoms with Gasteiger partial charge in [0.25, 0.3) is 0 Å². The highest BCUT2D eigenvalue weighted by Crippen LogP contribution is 2.19. The van der Waals surface area contributed by atoms with Crippen LogP contribution in [0, 0.1) is 0 Å². The number of nitrogens with one attached hydrogen (secondary N) is 2. The van der Waals surface area contributed by atoms with Crippen LogP contribution in [0.2, 0.25) is 5.02 Å². The number of benzene rings is 1. The Morgan fingerprint density at radius 1 is 1.23 bits per heavy atom. The van der Waals surface area contributed by atoms with E-state index in [1.165, 1.54) is 6.92 Å². The number of carboxylic acid groups (broad SMARTS) is 1. The lowest BCUT2D eigenvalue weighted by Gasteiger charge is -2.19. The normalized spacial score (nSPS) is 13.0. The maximum atomic E-state index is 12.5. The largest absolute Gasteiger partial charge is 0.480 e. The Morgan fingerprint density at radius 2 is 1.82 bits per heavy atom. The molecule has 0 fully saturated rings. The molecular weight excluding hydrogens is 315 g/mol.